The first-order valence-corrected chi connectivity index (χ1v) is 10.5. The van der Waals surface area contributed by atoms with Gasteiger partial charge in [-0.1, -0.05) is 0 Å². The average molecular weight is 397 g/mol. The van der Waals surface area contributed by atoms with E-state index in [9.17, 15) is 4.79 Å². The molecular weight excluding hydrogens is 372 g/mol. The van der Waals surface area contributed by atoms with Gasteiger partial charge in [-0.15, -0.1) is 11.3 Å². The summed E-state index contributed by atoms with van der Waals surface area (Å²) in [7, 11) is 0. The largest absolute Gasteiger partial charge is 0.474 e. The molecule has 3 aromatic heterocycles. The molecule has 6 nitrogen and oxygen atoms in total. The van der Waals surface area contributed by atoms with Crippen LogP contribution >= 0.6 is 11.3 Å². The van der Waals surface area contributed by atoms with Gasteiger partial charge in [-0.25, -0.2) is 15.0 Å². The zero-order valence-corrected chi connectivity index (χ0v) is 17.2. The molecule has 146 valence electrons. The molecule has 28 heavy (non-hydrogen) atoms. The van der Waals surface area contributed by atoms with Crippen molar-refractivity contribution in [3.63, 3.8) is 0 Å². The van der Waals surface area contributed by atoms with E-state index < -0.39 is 0 Å². The molecule has 0 bridgehead atoms. The summed E-state index contributed by atoms with van der Waals surface area (Å²) >= 11 is 1.42. The van der Waals surface area contributed by atoms with Gasteiger partial charge in [0.25, 0.3) is 5.91 Å². The SMILES string of the molecule is Cc1nc(C)c2c(C)c(C(=O)NCc3ccnc(OC4CCCC4)c3)sc2n1. The number of hydrogen-bond donors (Lipinski definition) is 1. The first-order chi connectivity index (χ1) is 13.5. The summed E-state index contributed by atoms with van der Waals surface area (Å²) in [6.45, 7) is 6.22. The number of pyridine rings is 1. The lowest BCUT2D eigenvalue weighted by Gasteiger charge is -2.13. The average Bonchev–Trinajstić information content (AvgIpc) is 3.28. The van der Waals surface area contributed by atoms with Crippen LogP contribution in [0.5, 0.6) is 5.88 Å². The van der Waals surface area contributed by atoms with Gasteiger partial charge in [-0.05, 0) is 63.6 Å². The third kappa shape index (κ3) is 3.85. The number of amides is 1. The van der Waals surface area contributed by atoms with E-state index in [0.29, 0.717) is 17.3 Å². The van der Waals surface area contributed by atoms with E-state index >= 15 is 0 Å². The number of nitrogens with zero attached hydrogens (tertiary/aromatic N) is 3. The van der Waals surface area contributed by atoms with Gasteiger partial charge in [0, 0.05) is 29.9 Å². The van der Waals surface area contributed by atoms with Crippen molar-refractivity contribution in [1.82, 2.24) is 20.3 Å². The second-order valence-electron chi connectivity index (χ2n) is 7.30. The Labute approximate surface area is 168 Å². The maximum atomic E-state index is 12.8. The second-order valence-corrected chi connectivity index (χ2v) is 8.30. The first-order valence-electron chi connectivity index (χ1n) is 9.65. The van der Waals surface area contributed by atoms with Crippen molar-refractivity contribution in [2.75, 3.05) is 0 Å². The molecule has 0 saturated heterocycles. The Hall–Kier alpha value is -2.54. The standard InChI is InChI=1S/C21H24N4O2S/c1-12-18-13(2)24-14(3)25-21(18)28-19(12)20(26)23-11-15-8-9-22-17(10-15)27-16-6-4-5-7-16/h8-10,16H,4-7,11H2,1-3H3,(H,23,26). The lowest BCUT2D eigenvalue weighted by atomic mass is 10.1. The van der Waals surface area contributed by atoms with E-state index in [1.807, 2.05) is 32.9 Å². The Morgan fingerprint density at radius 2 is 2.04 bits per heavy atom. The van der Waals surface area contributed by atoms with Crippen molar-refractivity contribution >= 4 is 27.5 Å². The van der Waals surface area contributed by atoms with Gasteiger partial charge in [-0.2, -0.15) is 0 Å². The lowest BCUT2D eigenvalue weighted by Crippen LogP contribution is -2.22. The Kier molecular flexibility index (Phi) is 5.26. The predicted molar refractivity (Wildman–Crippen MR) is 110 cm³/mol. The molecule has 3 aromatic rings. The van der Waals surface area contributed by atoms with Crippen LogP contribution in [0.3, 0.4) is 0 Å². The van der Waals surface area contributed by atoms with Crippen LogP contribution in [0.25, 0.3) is 10.2 Å². The molecule has 0 radical (unpaired) electrons. The summed E-state index contributed by atoms with van der Waals surface area (Å²) in [5, 5.41) is 4.00. The molecule has 0 aromatic carbocycles. The van der Waals surface area contributed by atoms with Gasteiger partial charge in [0.2, 0.25) is 5.88 Å². The number of thiophene rings is 1. The predicted octanol–water partition coefficient (Wildman–Crippen LogP) is 4.26. The van der Waals surface area contributed by atoms with Crippen molar-refractivity contribution in [3.05, 3.63) is 45.9 Å². The van der Waals surface area contributed by atoms with Gasteiger partial charge < -0.3 is 10.1 Å². The number of nitrogens with one attached hydrogen (secondary N) is 1. The zero-order valence-electron chi connectivity index (χ0n) is 16.4. The Bertz CT molecular complexity index is 1020. The maximum Gasteiger partial charge on any atom is 0.261 e. The Morgan fingerprint density at radius 1 is 1.25 bits per heavy atom. The minimum Gasteiger partial charge on any atom is -0.474 e. The first kappa shape index (κ1) is 18.8. The molecule has 1 saturated carbocycles. The van der Waals surface area contributed by atoms with Crippen LogP contribution in [-0.2, 0) is 6.54 Å². The second kappa shape index (κ2) is 7.83. The van der Waals surface area contributed by atoms with Crippen LogP contribution in [0.2, 0.25) is 0 Å². The monoisotopic (exact) mass is 396 g/mol. The third-order valence-electron chi connectivity index (χ3n) is 5.13. The molecule has 0 atom stereocenters. The molecule has 0 unspecified atom stereocenters. The Morgan fingerprint density at radius 3 is 2.82 bits per heavy atom. The number of aryl methyl sites for hydroxylation is 3. The highest BCUT2D eigenvalue weighted by molar-refractivity contribution is 7.20. The summed E-state index contributed by atoms with van der Waals surface area (Å²) in [5.74, 6) is 1.27. The fourth-order valence-electron chi connectivity index (χ4n) is 3.75. The van der Waals surface area contributed by atoms with Crippen molar-refractivity contribution in [3.8, 4) is 5.88 Å². The van der Waals surface area contributed by atoms with E-state index in [1.54, 1.807) is 6.20 Å². The number of fused-ring (bicyclic) bond motifs is 1. The highest BCUT2D eigenvalue weighted by atomic mass is 32.1. The normalized spacial score (nSPS) is 14.5. The maximum absolute atomic E-state index is 12.8. The highest BCUT2D eigenvalue weighted by Crippen LogP contribution is 2.31. The fourth-order valence-corrected chi connectivity index (χ4v) is 4.95. The fraction of sp³-hybridized carbons (Fsp3) is 0.429. The Balaban J connectivity index is 1.46. The quantitative estimate of drug-likeness (QED) is 0.697. The molecule has 3 heterocycles. The van der Waals surface area contributed by atoms with Crippen molar-refractivity contribution in [2.24, 2.45) is 0 Å². The molecule has 7 heteroatoms. The van der Waals surface area contributed by atoms with Crippen LogP contribution in [0.15, 0.2) is 18.3 Å². The van der Waals surface area contributed by atoms with E-state index in [0.717, 1.165) is 45.7 Å². The zero-order chi connectivity index (χ0) is 19.7. The summed E-state index contributed by atoms with van der Waals surface area (Å²) in [6.07, 6.45) is 6.63. The number of hydrogen-bond acceptors (Lipinski definition) is 6. The molecule has 1 amide bonds. The summed E-state index contributed by atoms with van der Waals surface area (Å²) in [5.41, 5.74) is 2.83. The third-order valence-corrected chi connectivity index (χ3v) is 6.32. The number of carbonyl (C=O) groups excluding carboxylic acids is 1. The van der Waals surface area contributed by atoms with Crippen LogP contribution in [0, 0.1) is 20.8 Å². The molecule has 4 rings (SSSR count). The van der Waals surface area contributed by atoms with Crippen LogP contribution in [-0.4, -0.2) is 27.0 Å². The number of aromatic nitrogens is 3. The minimum atomic E-state index is -0.0902. The minimum absolute atomic E-state index is 0.0902. The van der Waals surface area contributed by atoms with Gasteiger partial charge in [0.15, 0.2) is 0 Å². The van der Waals surface area contributed by atoms with Gasteiger partial charge in [-0.3, -0.25) is 4.79 Å². The van der Waals surface area contributed by atoms with Crippen molar-refractivity contribution < 1.29 is 9.53 Å². The van der Waals surface area contributed by atoms with Gasteiger partial charge in [0.05, 0.1) is 4.88 Å². The number of carbonyl (C=O) groups is 1. The summed E-state index contributed by atoms with van der Waals surface area (Å²) < 4.78 is 5.95. The number of rotatable bonds is 5. The smallest absolute Gasteiger partial charge is 0.261 e. The lowest BCUT2D eigenvalue weighted by molar-refractivity contribution is 0.0954. The van der Waals surface area contributed by atoms with E-state index in [-0.39, 0.29) is 12.0 Å². The number of ether oxygens (including phenoxy) is 1. The van der Waals surface area contributed by atoms with Crippen molar-refractivity contribution in [1.29, 1.82) is 0 Å². The molecule has 0 aliphatic heterocycles. The van der Waals surface area contributed by atoms with E-state index in [4.69, 9.17) is 4.74 Å². The van der Waals surface area contributed by atoms with Crippen LogP contribution < -0.4 is 10.1 Å². The molecule has 0 spiro atoms. The van der Waals surface area contributed by atoms with Gasteiger partial charge in [0.1, 0.15) is 16.8 Å². The molecular formula is C21H24N4O2S. The molecule has 1 N–H and O–H groups in total. The molecule has 1 aliphatic carbocycles. The summed E-state index contributed by atoms with van der Waals surface area (Å²) in [4.78, 5) is 27.5. The molecule has 1 aliphatic rings. The van der Waals surface area contributed by atoms with Crippen LogP contribution in [0.1, 0.15) is 58.0 Å². The van der Waals surface area contributed by atoms with Crippen molar-refractivity contribution in [2.45, 2.75) is 59.1 Å². The topological polar surface area (TPSA) is 77.0 Å². The summed E-state index contributed by atoms with van der Waals surface area (Å²) in [6, 6.07) is 3.81. The molecule has 1 fully saturated rings. The van der Waals surface area contributed by atoms with E-state index in [2.05, 4.69) is 20.3 Å². The van der Waals surface area contributed by atoms with Crippen LogP contribution in [0.4, 0.5) is 0 Å². The van der Waals surface area contributed by atoms with E-state index in [1.165, 1.54) is 24.2 Å². The highest BCUT2D eigenvalue weighted by Gasteiger charge is 2.19. The van der Waals surface area contributed by atoms with Gasteiger partial charge >= 0.3 is 0 Å².